The molecule has 1 aliphatic heterocycles. The summed E-state index contributed by atoms with van der Waals surface area (Å²) in [5, 5.41) is 0. The van der Waals surface area contributed by atoms with Gasteiger partial charge in [0.1, 0.15) is 5.75 Å². The fourth-order valence-electron chi connectivity index (χ4n) is 2.27. The standard InChI is InChI=1S/C15H23N2OSi/c1-13(16-12-17-10-6-7-11-17)14-8-4-5-9-15(14)18-19(2)3/h4-5,8-9,12-13H,6-7,10-11H2,1-3H3. The van der Waals surface area contributed by atoms with Crippen LogP contribution < -0.4 is 4.43 Å². The summed E-state index contributed by atoms with van der Waals surface area (Å²) in [6.07, 6.45) is 4.59. The highest BCUT2D eigenvalue weighted by Crippen LogP contribution is 2.27. The molecule has 0 spiro atoms. The first-order valence-electron chi connectivity index (χ1n) is 7.01. The molecule has 0 saturated carbocycles. The highest BCUT2D eigenvalue weighted by atomic mass is 28.3. The number of likely N-dealkylation sites (tertiary alicyclic amines) is 1. The third-order valence-electron chi connectivity index (χ3n) is 3.28. The molecule has 103 valence electrons. The Morgan fingerprint density at radius 2 is 1.95 bits per heavy atom. The van der Waals surface area contributed by atoms with Crippen molar-refractivity contribution in [2.24, 2.45) is 4.99 Å². The van der Waals surface area contributed by atoms with E-state index in [0.29, 0.717) is 0 Å². The van der Waals surface area contributed by atoms with E-state index in [4.69, 9.17) is 4.43 Å². The van der Waals surface area contributed by atoms with Gasteiger partial charge in [-0.15, -0.1) is 0 Å². The van der Waals surface area contributed by atoms with Gasteiger partial charge < -0.3 is 9.33 Å². The van der Waals surface area contributed by atoms with E-state index in [2.05, 4.69) is 48.1 Å². The number of hydrogen-bond acceptors (Lipinski definition) is 2. The van der Waals surface area contributed by atoms with Crippen molar-refractivity contribution in [3.63, 3.8) is 0 Å². The number of hydrogen-bond donors (Lipinski definition) is 0. The molecule has 0 bridgehead atoms. The summed E-state index contributed by atoms with van der Waals surface area (Å²) in [5.41, 5.74) is 1.18. The predicted octanol–water partition coefficient (Wildman–Crippen LogP) is 3.50. The van der Waals surface area contributed by atoms with Gasteiger partial charge >= 0.3 is 0 Å². The number of benzene rings is 1. The lowest BCUT2D eigenvalue weighted by Gasteiger charge is -2.17. The third-order valence-corrected chi connectivity index (χ3v) is 3.91. The Kier molecular flexibility index (Phi) is 5.02. The van der Waals surface area contributed by atoms with E-state index < -0.39 is 9.04 Å². The number of para-hydroxylation sites is 1. The summed E-state index contributed by atoms with van der Waals surface area (Å²) >= 11 is 0. The molecule has 1 heterocycles. The average Bonchev–Trinajstić information content (AvgIpc) is 2.89. The molecule has 1 aliphatic rings. The monoisotopic (exact) mass is 275 g/mol. The maximum atomic E-state index is 5.95. The van der Waals surface area contributed by atoms with Crippen molar-refractivity contribution in [1.82, 2.24) is 4.90 Å². The second kappa shape index (κ2) is 6.75. The zero-order chi connectivity index (χ0) is 13.7. The maximum absolute atomic E-state index is 5.95. The van der Waals surface area contributed by atoms with Crippen LogP contribution in [0.1, 0.15) is 31.4 Å². The van der Waals surface area contributed by atoms with Crippen molar-refractivity contribution >= 4 is 15.4 Å². The minimum Gasteiger partial charge on any atom is -0.542 e. The van der Waals surface area contributed by atoms with Crippen LogP contribution >= 0.6 is 0 Å². The summed E-state index contributed by atoms with van der Waals surface area (Å²) in [7, 11) is -0.734. The second-order valence-electron chi connectivity index (χ2n) is 5.23. The van der Waals surface area contributed by atoms with E-state index in [9.17, 15) is 0 Å². The van der Waals surface area contributed by atoms with Gasteiger partial charge in [0, 0.05) is 18.7 Å². The van der Waals surface area contributed by atoms with Gasteiger partial charge in [-0.1, -0.05) is 18.2 Å². The minimum atomic E-state index is -0.734. The Morgan fingerprint density at radius 3 is 2.63 bits per heavy atom. The fourth-order valence-corrected chi connectivity index (χ4v) is 2.90. The van der Waals surface area contributed by atoms with Crippen LogP contribution in [0.2, 0.25) is 13.1 Å². The second-order valence-corrected chi connectivity index (χ2v) is 7.25. The normalized spacial score (nSPS) is 17.4. The molecule has 0 amide bonds. The Labute approximate surface area is 118 Å². The van der Waals surface area contributed by atoms with E-state index in [1.165, 1.54) is 18.4 Å². The first-order valence-corrected chi connectivity index (χ1v) is 9.42. The molecule has 1 radical (unpaired) electrons. The largest absolute Gasteiger partial charge is 0.542 e. The molecule has 0 aromatic heterocycles. The van der Waals surface area contributed by atoms with E-state index in [0.717, 1.165) is 18.8 Å². The maximum Gasteiger partial charge on any atom is 0.274 e. The topological polar surface area (TPSA) is 24.8 Å². The van der Waals surface area contributed by atoms with Crippen molar-refractivity contribution in [2.75, 3.05) is 13.1 Å². The summed E-state index contributed by atoms with van der Waals surface area (Å²) < 4.78 is 5.95. The van der Waals surface area contributed by atoms with Crippen LogP contribution in [0.15, 0.2) is 29.3 Å². The van der Waals surface area contributed by atoms with Crippen molar-refractivity contribution in [2.45, 2.75) is 38.9 Å². The van der Waals surface area contributed by atoms with E-state index in [1.807, 2.05) is 12.4 Å². The number of rotatable bonds is 5. The lowest BCUT2D eigenvalue weighted by molar-refractivity contribution is 0.527. The van der Waals surface area contributed by atoms with Crippen LogP contribution in [0.3, 0.4) is 0 Å². The zero-order valence-electron chi connectivity index (χ0n) is 12.1. The molecule has 0 aliphatic carbocycles. The molecule has 1 saturated heterocycles. The Bertz CT molecular complexity index is 428. The van der Waals surface area contributed by atoms with E-state index in [-0.39, 0.29) is 6.04 Å². The van der Waals surface area contributed by atoms with Gasteiger partial charge in [-0.05, 0) is 38.9 Å². The summed E-state index contributed by atoms with van der Waals surface area (Å²) in [5.74, 6) is 0.993. The fraction of sp³-hybridized carbons (Fsp3) is 0.533. The predicted molar refractivity (Wildman–Crippen MR) is 82.3 cm³/mol. The lowest BCUT2D eigenvalue weighted by Crippen LogP contribution is -2.17. The third kappa shape index (κ3) is 4.09. The molecule has 0 N–H and O–H groups in total. The quantitative estimate of drug-likeness (QED) is 0.467. The summed E-state index contributed by atoms with van der Waals surface area (Å²) in [6.45, 7) is 8.72. The van der Waals surface area contributed by atoms with Crippen LogP contribution in [0, 0.1) is 0 Å². The van der Waals surface area contributed by atoms with Gasteiger partial charge in [0.25, 0.3) is 9.04 Å². The van der Waals surface area contributed by atoms with Crippen LogP contribution in [0.4, 0.5) is 0 Å². The Balaban J connectivity index is 2.07. The van der Waals surface area contributed by atoms with Crippen LogP contribution in [-0.2, 0) is 0 Å². The van der Waals surface area contributed by atoms with Crippen LogP contribution in [-0.4, -0.2) is 33.4 Å². The van der Waals surface area contributed by atoms with Crippen molar-refractivity contribution in [3.05, 3.63) is 29.8 Å². The molecule has 1 fully saturated rings. The Morgan fingerprint density at radius 1 is 1.26 bits per heavy atom. The minimum absolute atomic E-state index is 0.151. The molecule has 2 rings (SSSR count). The molecular formula is C15H23N2OSi. The first-order chi connectivity index (χ1) is 9.16. The van der Waals surface area contributed by atoms with Crippen molar-refractivity contribution < 1.29 is 4.43 Å². The lowest BCUT2D eigenvalue weighted by atomic mass is 10.1. The van der Waals surface area contributed by atoms with Crippen LogP contribution in [0.5, 0.6) is 5.75 Å². The van der Waals surface area contributed by atoms with Crippen molar-refractivity contribution in [3.8, 4) is 5.75 Å². The summed E-state index contributed by atoms with van der Waals surface area (Å²) in [4.78, 5) is 6.98. The Hall–Kier alpha value is -1.29. The van der Waals surface area contributed by atoms with E-state index in [1.54, 1.807) is 0 Å². The highest BCUT2D eigenvalue weighted by Gasteiger charge is 2.12. The SMILES string of the molecule is CC(N=CN1CCCC1)c1ccccc1O[Si](C)C. The molecule has 1 unspecified atom stereocenters. The van der Waals surface area contributed by atoms with Crippen LogP contribution in [0.25, 0.3) is 0 Å². The van der Waals surface area contributed by atoms with Gasteiger partial charge in [0.15, 0.2) is 0 Å². The number of aliphatic imine (C=N–C) groups is 1. The molecule has 1 aromatic carbocycles. The molecule has 1 aromatic rings. The zero-order valence-corrected chi connectivity index (χ0v) is 13.1. The summed E-state index contributed by atoms with van der Waals surface area (Å²) in [6, 6.07) is 8.40. The van der Waals surface area contributed by atoms with Gasteiger partial charge in [0.2, 0.25) is 0 Å². The van der Waals surface area contributed by atoms with E-state index >= 15 is 0 Å². The van der Waals surface area contributed by atoms with Gasteiger partial charge in [-0.3, -0.25) is 4.99 Å². The molecule has 3 nitrogen and oxygen atoms in total. The highest BCUT2D eigenvalue weighted by molar-refractivity contribution is 6.49. The molecular weight excluding hydrogens is 252 g/mol. The van der Waals surface area contributed by atoms with Crippen molar-refractivity contribution in [1.29, 1.82) is 0 Å². The first kappa shape index (κ1) is 14.1. The molecule has 1 atom stereocenters. The average molecular weight is 275 g/mol. The molecule has 19 heavy (non-hydrogen) atoms. The van der Waals surface area contributed by atoms with Gasteiger partial charge in [-0.2, -0.15) is 0 Å². The van der Waals surface area contributed by atoms with Gasteiger partial charge in [0.05, 0.1) is 12.4 Å². The smallest absolute Gasteiger partial charge is 0.274 e. The van der Waals surface area contributed by atoms with Gasteiger partial charge in [-0.25, -0.2) is 0 Å². The molecule has 4 heteroatoms. The number of nitrogens with zero attached hydrogens (tertiary/aromatic N) is 2.